The van der Waals surface area contributed by atoms with Gasteiger partial charge >= 0.3 is 0 Å². The average molecular weight is 522 g/mol. The molecule has 1 aromatic carbocycles. The fourth-order valence-corrected chi connectivity index (χ4v) is 5.71. The van der Waals surface area contributed by atoms with Crippen molar-refractivity contribution in [2.24, 2.45) is 0 Å². The molecule has 2 saturated heterocycles. The molecule has 10 heteroatoms. The van der Waals surface area contributed by atoms with Crippen LogP contribution in [0.2, 0.25) is 0 Å². The Balaban J connectivity index is 1.45. The third kappa shape index (κ3) is 5.08. The molecule has 2 aliphatic rings. The minimum absolute atomic E-state index is 0.204. The second-order valence-corrected chi connectivity index (χ2v) is 10.3. The number of rotatable bonds is 7. The summed E-state index contributed by atoms with van der Waals surface area (Å²) in [5, 5.41) is 0. The number of pyridine rings is 1. The number of fused-ring (bicyclic) bond motifs is 1. The van der Waals surface area contributed by atoms with Gasteiger partial charge in [-0.15, -0.1) is 0 Å². The van der Waals surface area contributed by atoms with Crippen LogP contribution in [0, 0.1) is 0 Å². The number of carbonyl (C=O) groups is 1. The van der Waals surface area contributed by atoms with Gasteiger partial charge in [0.05, 0.1) is 23.6 Å². The molecular weight excluding hydrogens is 494 g/mol. The number of ether oxygens (including phenoxy) is 1. The topological polar surface area (TPSA) is 70.4 Å². The highest BCUT2D eigenvalue weighted by atomic mass is 32.2. The van der Waals surface area contributed by atoms with Gasteiger partial charge in [0.15, 0.2) is 0 Å². The number of thioether (sulfide) groups is 1. The highest BCUT2D eigenvalue weighted by Crippen LogP contribution is 2.33. The number of hydrogen-bond acceptors (Lipinski definition) is 8. The second kappa shape index (κ2) is 10.9. The van der Waals surface area contributed by atoms with E-state index in [1.807, 2.05) is 18.2 Å². The Morgan fingerprint density at radius 3 is 2.56 bits per heavy atom. The van der Waals surface area contributed by atoms with Crippen molar-refractivity contribution in [1.82, 2.24) is 19.2 Å². The van der Waals surface area contributed by atoms with Gasteiger partial charge in [-0.2, -0.15) is 0 Å². The van der Waals surface area contributed by atoms with Gasteiger partial charge in [0.1, 0.15) is 15.8 Å². The van der Waals surface area contributed by atoms with Gasteiger partial charge in [0.25, 0.3) is 11.5 Å². The summed E-state index contributed by atoms with van der Waals surface area (Å²) in [6.45, 7) is 4.82. The van der Waals surface area contributed by atoms with Crippen molar-refractivity contribution < 1.29 is 9.53 Å². The normalized spacial score (nSPS) is 18.1. The summed E-state index contributed by atoms with van der Waals surface area (Å²) >= 11 is 6.62. The standard InChI is InChI=1S/C26H27N5O3S2/c1-34-16-15-31-25(33)21(36-26(31)35)17-20-23(27-22-9-5-6-10-30(22)24(20)32)29-13-11-28(12-14-29)18-19-7-3-2-4-8-19/h2-10,17H,11-16,18H2,1H3/b21-17+. The number of amides is 1. The smallest absolute Gasteiger partial charge is 0.267 e. The summed E-state index contributed by atoms with van der Waals surface area (Å²) in [6, 6.07) is 15.9. The van der Waals surface area contributed by atoms with E-state index >= 15 is 0 Å². The first kappa shape index (κ1) is 24.6. The monoisotopic (exact) mass is 521 g/mol. The number of benzene rings is 1. The van der Waals surface area contributed by atoms with Crippen LogP contribution in [0.3, 0.4) is 0 Å². The quantitative estimate of drug-likeness (QED) is 0.347. The SMILES string of the molecule is COCCN1C(=O)/C(=C\c2c(N3CCN(Cc4ccccc4)CC3)nc3ccccn3c2=O)SC1=S. The predicted molar refractivity (Wildman–Crippen MR) is 147 cm³/mol. The zero-order valence-electron chi connectivity index (χ0n) is 20.0. The lowest BCUT2D eigenvalue weighted by Crippen LogP contribution is -2.47. The number of hydrogen-bond donors (Lipinski definition) is 0. The van der Waals surface area contributed by atoms with Crippen LogP contribution >= 0.6 is 24.0 Å². The molecular formula is C26H27N5O3S2. The molecule has 0 spiro atoms. The fraction of sp³-hybridized carbons (Fsp3) is 0.308. The van der Waals surface area contributed by atoms with E-state index in [0.717, 1.165) is 32.7 Å². The average Bonchev–Trinajstić information content (AvgIpc) is 3.17. The maximum absolute atomic E-state index is 13.6. The van der Waals surface area contributed by atoms with E-state index in [2.05, 4.69) is 34.1 Å². The Morgan fingerprint density at radius 2 is 1.81 bits per heavy atom. The lowest BCUT2D eigenvalue weighted by Gasteiger charge is -2.36. The summed E-state index contributed by atoms with van der Waals surface area (Å²) in [4.78, 5) is 38.0. The molecule has 2 fully saturated rings. The van der Waals surface area contributed by atoms with Crippen LogP contribution < -0.4 is 10.5 Å². The number of piperazine rings is 1. The zero-order chi connectivity index (χ0) is 25.1. The lowest BCUT2D eigenvalue weighted by molar-refractivity contribution is -0.122. The Labute approximate surface area is 219 Å². The van der Waals surface area contributed by atoms with Crippen LogP contribution in [-0.2, 0) is 16.1 Å². The van der Waals surface area contributed by atoms with Gasteiger partial charge < -0.3 is 9.64 Å². The number of thiocarbonyl (C=S) groups is 1. The van der Waals surface area contributed by atoms with Crippen molar-refractivity contribution in [3.8, 4) is 0 Å². The van der Waals surface area contributed by atoms with E-state index in [4.69, 9.17) is 21.9 Å². The summed E-state index contributed by atoms with van der Waals surface area (Å²) in [7, 11) is 1.58. The lowest BCUT2D eigenvalue weighted by atomic mass is 10.2. The van der Waals surface area contributed by atoms with Gasteiger partial charge in [-0.3, -0.25) is 23.8 Å². The minimum atomic E-state index is -0.210. The van der Waals surface area contributed by atoms with Gasteiger partial charge in [-0.05, 0) is 23.8 Å². The molecule has 0 bridgehead atoms. The highest BCUT2D eigenvalue weighted by molar-refractivity contribution is 8.26. The molecule has 1 amide bonds. The summed E-state index contributed by atoms with van der Waals surface area (Å²) in [6.07, 6.45) is 3.36. The van der Waals surface area contributed by atoms with E-state index in [1.165, 1.54) is 26.6 Å². The highest BCUT2D eigenvalue weighted by Gasteiger charge is 2.33. The first-order chi connectivity index (χ1) is 17.5. The molecule has 0 saturated carbocycles. The van der Waals surface area contributed by atoms with Crippen LogP contribution in [0.1, 0.15) is 11.1 Å². The van der Waals surface area contributed by atoms with E-state index in [9.17, 15) is 9.59 Å². The predicted octanol–water partition coefficient (Wildman–Crippen LogP) is 2.86. The van der Waals surface area contributed by atoms with Crippen molar-refractivity contribution in [2.45, 2.75) is 6.54 Å². The van der Waals surface area contributed by atoms with Crippen LogP contribution in [0.25, 0.3) is 11.7 Å². The van der Waals surface area contributed by atoms with E-state index in [-0.39, 0.29) is 11.5 Å². The summed E-state index contributed by atoms with van der Waals surface area (Å²) in [5.74, 6) is 0.394. The Kier molecular flexibility index (Phi) is 7.47. The maximum Gasteiger partial charge on any atom is 0.267 e. The third-order valence-corrected chi connectivity index (χ3v) is 7.72. The molecule has 0 radical (unpaired) electrons. The number of methoxy groups -OCH3 is 1. The Morgan fingerprint density at radius 1 is 1.06 bits per heavy atom. The van der Waals surface area contributed by atoms with Crippen LogP contribution in [0.4, 0.5) is 5.82 Å². The maximum atomic E-state index is 13.6. The molecule has 3 aromatic rings. The zero-order valence-corrected chi connectivity index (χ0v) is 21.6. The van der Waals surface area contributed by atoms with Crippen LogP contribution in [-0.4, -0.2) is 75.9 Å². The summed E-state index contributed by atoms with van der Waals surface area (Å²) in [5.41, 5.74) is 2.06. The molecule has 8 nitrogen and oxygen atoms in total. The molecule has 2 aromatic heterocycles. The molecule has 36 heavy (non-hydrogen) atoms. The van der Waals surface area contributed by atoms with E-state index in [0.29, 0.717) is 39.4 Å². The minimum Gasteiger partial charge on any atom is -0.383 e. The summed E-state index contributed by atoms with van der Waals surface area (Å²) < 4.78 is 7.10. The Bertz CT molecular complexity index is 1370. The first-order valence-corrected chi connectivity index (χ1v) is 13.0. The molecule has 0 atom stereocenters. The van der Waals surface area contributed by atoms with Crippen molar-refractivity contribution in [3.63, 3.8) is 0 Å². The molecule has 4 heterocycles. The van der Waals surface area contributed by atoms with Gasteiger partial charge in [0, 0.05) is 46.0 Å². The van der Waals surface area contributed by atoms with Crippen molar-refractivity contribution in [2.75, 3.05) is 51.3 Å². The third-order valence-electron chi connectivity index (χ3n) is 6.34. The fourth-order valence-electron chi connectivity index (χ4n) is 4.42. The molecule has 0 N–H and O–H groups in total. The van der Waals surface area contributed by atoms with Crippen LogP contribution in [0.5, 0.6) is 0 Å². The Hall–Kier alpha value is -3.05. The van der Waals surface area contributed by atoms with Crippen molar-refractivity contribution in [1.29, 1.82) is 0 Å². The van der Waals surface area contributed by atoms with Crippen molar-refractivity contribution in [3.05, 3.63) is 81.1 Å². The number of nitrogens with zero attached hydrogens (tertiary/aromatic N) is 5. The molecule has 186 valence electrons. The van der Waals surface area contributed by atoms with Crippen LogP contribution in [0.15, 0.2) is 64.4 Å². The first-order valence-electron chi connectivity index (χ1n) is 11.8. The van der Waals surface area contributed by atoms with Gasteiger partial charge in [0.2, 0.25) is 0 Å². The second-order valence-electron chi connectivity index (χ2n) is 8.66. The van der Waals surface area contributed by atoms with Gasteiger partial charge in [-0.1, -0.05) is 60.4 Å². The largest absolute Gasteiger partial charge is 0.383 e. The number of anilines is 1. The molecule has 2 aliphatic heterocycles. The van der Waals surface area contributed by atoms with Gasteiger partial charge in [-0.25, -0.2) is 4.98 Å². The molecule has 0 unspecified atom stereocenters. The van der Waals surface area contributed by atoms with E-state index in [1.54, 1.807) is 25.4 Å². The van der Waals surface area contributed by atoms with Crippen molar-refractivity contribution >= 4 is 51.7 Å². The number of aromatic nitrogens is 2. The van der Waals surface area contributed by atoms with E-state index < -0.39 is 0 Å². The molecule has 0 aliphatic carbocycles. The molecule has 5 rings (SSSR count). The number of carbonyl (C=O) groups excluding carboxylic acids is 1.